The van der Waals surface area contributed by atoms with Crippen LogP contribution < -0.4 is 5.32 Å². The second-order valence-corrected chi connectivity index (χ2v) is 3.97. The summed E-state index contributed by atoms with van der Waals surface area (Å²) in [6.07, 6.45) is 1.03. The van der Waals surface area contributed by atoms with Crippen LogP contribution in [0.3, 0.4) is 0 Å². The van der Waals surface area contributed by atoms with Gasteiger partial charge in [0.2, 0.25) is 5.82 Å². The van der Waals surface area contributed by atoms with Crippen LogP contribution in [-0.2, 0) is 0 Å². The highest BCUT2D eigenvalue weighted by Gasteiger charge is 2.19. The summed E-state index contributed by atoms with van der Waals surface area (Å²) < 4.78 is 0. The van der Waals surface area contributed by atoms with E-state index in [9.17, 15) is 14.9 Å². The number of nitriles is 1. The number of nitrogens with zero attached hydrogens (tertiary/aromatic N) is 3. The van der Waals surface area contributed by atoms with E-state index in [4.69, 9.17) is 10.4 Å². The summed E-state index contributed by atoms with van der Waals surface area (Å²) >= 11 is 0. The average molecular weight is 284 g/mol. The quantitative estimate of drug-likeness (QED) is 0.650. The van der Waals surface area contributed by atoms with Crippen molar-refractivity contribution in [3.8, 4) is 6.07 Å². The van der Waals surface area contributed by atoms with Crippen LogP contribution in [0.25, 0.3) is 0 Å². The predicted molar refractivity (Wildman–Crippen MR) is 72.3 cm³/mol. The van der Waals surface area contributed by atoms with Crippen molar-refractivity contribution >= 4 is 23.2 Å². The Morgan fingerprint density at radius 2 is 2.05 bits per heavy atom. The van der Waals surface area contributed by atoms with Crippen LogP contribution in [-0.4, -0.2) is 21.0 Å². The smallest absolute Gasteiger partial charge is 0.337 e. The lowest BCUT2D eigenvalue weighted by molar-refractivity contribution is -0.384. The summed E-state index contributed by atoms with van der Waals surface area (Å²) in [4.78, 5) is 24.8. The van der Waals surface area contributed by atoms with Gasteiger partial charge in [0.15, 0.2) is 0 Å². The van der Waals surface area contributed by atoms with E-state index in [1.165, 1.54) is 0 Å². The zero-order chi connectivity index (χ0) is 15.4. The number of carboxylic acid groups (broad SMARTS) is 1. The molecule has 2 aromatic rings. The van der Waals surface area contributed by atoms with Crippen molar-refractivity contribution in [3.05, 3.63) is 57.8 Å². The van der Waals surface area contributed by atoms with E-state index < -0.39 is 16.6 Å². The van der Waals surface area contributed by atoms with E-state index in [1.807, 2.05) is 6.07 Å². The minimum Gasteiger partial charge on any atom is -0.478 e. The number of aromatic nitrogens is 1. The molecule has 0 atom stereocenters. The number of rotatable bonds is 4. The summed E-state index contributed by atoms with van der Waals surface area (Å²) in [6.45, 7) is 0. The standard InChI is InChI=1S/C13H8N4O4/c14-6-8-1-3-10(4-2-8)16-12-11(17(20)21)5-9(7-15-12)13(18)19/h1-5,7H,(H,15,16)(H,18,19). The Hall–Kier alpha value is -3.47. The maximum absolute atomic E-state index is 11.0. The Labute approximate surface area is 118 Å². The number of carbonyl (C=O) groups is 1. The molecule has 0 aliphatic carbocycles. The largest absolute Gasteiger partial charge is 0.478 e. The van der Waals surface area contributed by atoms with Crippen molar-refractivity contribution in [2.45, 2.75) is 0 Å². The molecule has 21 heavy (non-hydrogen) atoms. The molecule has 0 spiro atoms. The molecule has 0 fully saturated rings. The van der Waals surface area contributed by atoms with Crippen LogP contribution in [0.5, 0.6) is 0 Å². The first-order valence-corrected chi connectivity index (χ1v) is 5.66. The second kappa shape index (κ2) is 5.66. The number of nitro groups is 1. The molecule has 104 valence electrons. The van der Waals surface area contributed by atoms with Crippen LogP contribution in [0, 0.1) is 21.4 Å². The maximum atomic E-state index is 11.0. The molecule has 8 heteroatoms. The van der Waals surface area contributed by atoms with Crippen LogP contribution in [0.4, 0.5) is 17.2 Å². The number of hydrogen-bond donors (Lipinski definition) is 2. The number of anilines is 2. The van der Waals surface area contributed by atoms with Crippen molar-refractivity contribution < 1.29 is 14.8 Å². The molecule has 2 rings (SSSR count). The van der Waals surface area contributed by atoms with E-state index in [1.54, 1.807) is 24.3 Å². The van der Waals surface area contributed by atoms with Crippen LogP contribution in [0.2, 0.25) is 0 Å². The van der Waals surface area contributed by atoms with Crippen molar-refractivity contribution in [3.63, 3.8) is 0 Å². The zero-order valence-electron chi connectivity index (χ0n) is 10.5. The highest BCUT2D eigenvalue weighted by Crippen LogP contribution is 2.26. The molecule has 8 nitrogen and oxygen atoms in total. The normalized spacial score (nSPS) is 9.67. The first-order chi connectivity index (χ1) is 10.0. The predicted octanol–water partition coefficient (Wildman–Crippen LogP) is 2.30. The zero-order valence-corrected chi connectivity index (χ0v) is 10.5. The fourth-order valence-corrected chi connectivity index (χ4v) is 1.57. The Morgan fingerprint density at radius 1 is 1.38 bits per heavy atom. The molecule has 1 aromatic heterocycles. The van der Waals surface area contributed by atoms with Gasteiger partial charge in [-0.1, -0.05) is 0 Å². The molecular formula is C13H8N4O4. The second-order valence-electron chi connectivity index (χ2n) is 3.97. The highest BCUT2D eigenvalue weighted by molar-refractivity contribution is 5.89. The lowest BCUT2D eigenvalue weighted by atomic mass is 10.2. The Balaban J connectivity index is 2.36. The fraction of sp³-hybridized carbons (Fsp3) is 0. The topological polar surface area (TPSA) is 129 Å². The van der Waals surface area contributed by atoms with Crippen LogP contribution in [0.1, 0.15) is 15.9 Å². The van der Waals surface area contributed by atoms with E-state index in [0.29, 0.717) is 11.3 Å². The van der Waals surface area contributed by atoms with Gasteiger partial charge >= 0.3 is 11.7 Å². The molecule has 1 heterocycles. The van der Waals surface area contributed by atoms with E-state index in [0.717, 1.165) is 12.3 Å². The minimum atomic E-state index is -1.30. The number of nitrogens with one attached hydrogen (secondary N) is 1. The summed E-state index contributed by atoms with van der Waals surface area (Å²) in [5.41, 5.74) is 0.225. The molecule has 0 saturated carbocycles. The Bertz CT molecular complexity index is 750. The average Bonchev–Trinajstić information content (AvgIpc) is 2.48. The Kier molecular flexibility index (Phi) is 3.76. The minimum absolute atomic E-state index is 0.0743. The van der Waals surface area contributed by atoms with Gasteiger partial charge in [0.1, 0.15) is 0 Å². The van der Waals surface area contributed by atoms with Gasteiger partial charge in [-0.3, -0.25) is 10.1 Å². The van der Waals surface area contributed by atoms with Crippen LogP contribution in [0.15, 0.2) is 36.5 Å². The molecule has 1 aromatic carbocycles. The lowest BCUT2D eigenvalue weighted by Crippen LogP contribution is -2.04. The summed E-state index contributed by atoms with van der Waals surface area (Å²) in [5.74, 6) is -1.37. The van der Waals surface area contributed by atoms with Gasteiger partial charge in [0.25, 0.3) is 0 Å². The van der Waals surface area contributed by atoms with Crippen molar-refractivity contribution in [1.29, 1.82) is 5.26 Å². The van der Waals surface area contributed by atoms with E-state index in [-0.39, 0.29) is 11.4 Å². The van der Waals surface area contributed by atoms with Gasteiger partial charge < -0.3 is 10.4 Å². The van der Waals surface area contributed by atoms with Gasteiger partial charge in [-0.25, -0.2) is 9.78 Å². The van der Waals surface area contributed by atoms with Gasteiger partial charge in [0.05, 0.1) is 22.1 Å². The third-order valence-corrected chi connectivity index (χ3v) is 2.59. The van der Waals surface area contributed by atoms with Gasteiger partial charge in [-0.05, 0) is 24.3 Å². The van der Waals surface area contributed by atoms with Gasteiger partial charge in [-0.15, -0.1) is 0 Å². The van der Waals surface area contributed by atoms with Crippen LogP contribution >= 0.6 is 0 Å². The van der Waals surface area contributed by atoms with Gasteiger partial charge in [-0.2, -0.15) is 5.26 Å². The molecule has 0 aliphatic rings. The Morgan fingerprint density at radius 3 is 2.57 bits per heavy atom. The highest BCUT2D eigenvalue weighted by atomic mass is 16.6. The molecule has 2 N–H and O–H groups in total. The summed E-state index contributed by atoms with van der Waals surface area (Å²) in [6, 6.07) is 9.09. The molecule has 0 unspecified atom stereocenters. The third-order valence-electron chi connectivity index (χ3n) is 2.59. The molecule has 0 amide bonds. The van der Waals surface area contributed by atoms with Gasteiger partial charge in [0, 0.05) is 18.0 Å². The van der Waals surface area contributed by atoms with E-state index in [2.05, 4.69) is 10.3 Å². The van der Waals surface area contributed by atoms with Crippen molar-refractivity contribution in [2.24, 2.45) is 0 Å². The molecule has 0 bridgehead atoms. The molecule has 0 aliphatic heterocycles. The monoisotopic (exact) mass is 284 g/mol. The molecule has 0 saturated heterocycles. The van der Waals surface area contributed by atoms with Crippen molar-refractivity contribution in [1.82, 2.24) is 4.98 Å². The fourth-order valence-electron chi connectivity index (χ4n) is 1.57. The number of aromatic carboxylic acids is 1. The lowest BCUT2D eigenvalue weighted by Gasteiger charge is -2.06. The third kappa shape index (κ3) is 3.10. The number of carboxylic acids is 1. The summed E-state index contributed by atoms with van der Waals surface area (Å²) in [7, 11) is 0. The van der Waals surface area contributed by atoms with Crippen molar-refractivity contribution in [2.75, 3.05) is 5.32 Å². The maximum Gasteiger partial charge on any atom is 0.337 e. The molecule has 0 radical (unpaired) electrons. The first kappa shape index (κ1) is 14.0. The first-order valence-electron chi connectivity index (χ1n) is 5.66. The summed E-state index contributed by atoms with van der Waals surface area (Å²) in [5, 5.41) is 31.2. The number of benzene rings is 1. The molecular weight excluding hydrogens is 276 g/mol. The SMILES string of the molecule is N#Cc1ccc(Nc2ncc(C(=O)O)cc2[N+](=O)[O-])cc1. The van der Waals surface area contributed by atoms with E-state index >= 15 is 0 Å². The number of pyridine rings is 1. The number of hydrogen-bond acceptors (Lipinski definition) is 6.